The lowest BCUT2D eigenvalue weighted by Crippen LogP contribution is -2.46. The highest BCUT2D eigenvalue weighted by atomic mass is 35.5. The van der Waals surface area contributed by atoms with Crippen molar-refractivity contribution in [3.05, 3.63) is 142 Å². The highest BCUT2D eigenvalue weighted by Gasteiger charge is 2.26. The molecule has 14 heteroatoms. The van der Waals surface area contributed by atoms with E-state index in [1.54, 1.807) is 16.4 Å². The Balaban J connectivity index is 1.02. The van der Waals surface area contributed by atoms with Crippen LogP contribution in [-0.2, 0) is 29.2 Å². The Labute approximate surface area is 349 Å². The highest BCUT2D eigenvalue weighted by Crippen LogP contribution is 2.33. The van der Waals surface area contributed by atoms with Gasteiger partial charge in [0.25, 0.3) is 5.69 Å². The van der Waals surface area contributed by atoms with Crippen LogP contribution in [0.15, 0.2) is 125 Å². The van der Waals surface area contributed by atoms with Crippen molar-refractivity contribution in [2.24, 2.45) is 7.05 Å². The van der Waals surface area contributed by atoms with Gasteiger partial charge < -0.3 is 15.1 Å². The lowest BCUT2D eigenvalue weighted by atomic mass is 9.99. The Morgan fingerprint density at radius 3 is 2.36 bits per heavy atom. The second-order valence-corrected chi connectivity index (χ2v) is 18.5. The van der Waals surface area contributed by atoms with E-state index in [1.807, 2.05) is 75.7 Å². The lowest BCUT2D eigenvalue weighted by Gasteiger charge is -2.36. The van der Waals surface area contributed by atoms with Gasteiger partial charge in [0.1, 0.15) is 5.69 Å². The number of hydrogen-bond donors (Lipinski definition) is 1. The van der Waals surface area contributed by atoms with Crippen LogP contribution < -0.4 is 10.2 Å². The summed E-state index contributed by atoms with van der Waals surface area (Å²) in [7, 11) is 1.80. The van der Waals surface area contributed by atoms with Crippen molar-refractivity contribution in [1.29, 1.82) is 0 Å². The van der Waals surface area contributed by atoms with Gasteiger partial charge in [-0.1, -0.05) is 66.2 Å². The molecule has 1 N–H and O–H groups in total. The molecule has 2 heterocycles. The normalized spacial score (nSPS) is 14.3. The minimum absolute atomic E-state index is 0.0920. The van der Waals surface area contributed by atoms with Crippen LogP contribution in [0.4, 0.5) is 17.1 Å². The Kier molecular flexibility index (Phi) is 13.0. The standard InChI is InChI=1S/C44H48ClN7O4S2/c1-48(2)22-21-35(30-57-37-10-5-4-6-11-37)46-41-20-18-38(28-44(41)52(53)54)58(55,56)31-42-40-19-17-36(27-43(40)49(3)47-42)51-25-23-50(24-26-51)29-33-9-7-8-12-39(33)32-13-15-34(45)16-14-32/h4-20,27-28,35,46H,21-26,29-31H2,1-3H3/t35-/m1/s1. The summed E-state index contributed by atoms with van der Waals surface area (Å²) in [6.45, 7) is 5.11. The Hall–Kier alpha value is -4.92. The zero-order valence-electron chi connectivity index (χ0n) is 32.9. The van der Waals surface area contributed by atoms with Gasteiger partial charge in [-0.3, -0.25) is 19.7 Å². The minimum Gasteiger partial charge on any atom is -0.376 e. The molecule has 0 unspecified atom stereocenters. The number of aromatic nitrogens is 2. The topological polar surface area (TPSA) is 117 Å². The summed E-state index contributed by atoms with van der Waals surface area (Å²) < 4.78 is 29.5. The number of piperazine rings is 1. The van der Waals surface area contributed by atoms with Crippen LogP contribution in [0.3, 0.4) is 0 Å². The predicted molar refractivity (Wildman–Crippen MR) is 237 cm³/mol. The van der Waals surface area contributed by atoms with Crippen molar-refractivity contribution in [2.45, 2.75) is 34.6 Å². The number of nitrogens with one attached hydrogen (secondary N) is 1. The molecule has 6 aromatic rings. The van der Waals surface area contributed by atoms with Crippen molar-refractivity contribution in [3.8, 4) is 11.1 Å². The van der Waals surface area contributed by atoms with Gasteiger partial charge in [-0.2, -0.15) is 5.10 Å². The van der Waals surface area contributed by atoms with Crippen LogP contribution >= 0.6 is 23.4 Å². The van der Waals surface area contributed by atoms with E-state index in [0.717, 1.165) is 77.8 Å². The summed E-state index contributed by atoms with van der Waals surface area (Å²) in [6.07, 6.45) is 0.746. The molecule has 1 saturated heterocycles. The molecule has 7 rings (SSSR count). The number of thioether (sulfide) groups is 1. The van der Waals surface area contributed by atoms with Gasteiger partial charge in [0, 0.05) is 78.6 Å². The van der Waals surface area contributed by atoms with Crippen molar-refractivity contribution in [1.82, 2.24) is 19.6 Å². The lowest BCUT2D eigenvalue weighted by molar-refractivity contribution is -0.384. The van der Waals surface area contributed by atoms with Crippen LogP contribution in [0.25, 0.3) is 22.0 Å². The number of nitro benzene ring substituents is 1. The number of benzene rings is 5. The average molecular weight is 839 g/mol. The van der Waals surface area contributed by atoms with E-state index in [2.05, 4.69) is 67.6 Å². The van der Waals surface area contributed by atoms with E-state index in [-0.39, 0.29) is 22.4 Å². The van der Waals surface area contributed by atoms with Crippen LogP contribution in [0.1, 0.15) is 17.7 Å². The molecule has 1 aliphatic heterocycles. The summed E-state index contributed by atoms with van der Waals surface area (Å²) in [6, 6.07) is 36.6. The van der Waals surface area contributed by atoms with Gasteiger partial charge >= 0.3 is 0 Å². The molecule has 0 saturated carbocycles. The van der Waals surface area contributed by atoms with Crippen molar-refractivity contribution >= 4 is 61.2 Å². The molecule has 302 valence electrons. The molecule has 1 aliphatic rings. The quantitative estimate of drug-likeness (QED) is 0.0577. The maximum Gasteiger partial charge on any atom is 0.293 e. The fourth-order valence-electron chi connectivity index (χ4n) is 7.38. The van der Waals surface area contributed by atoms with Crippen LogP contribution in [-0.4, -0.2) is 91.5 Å². The number of rotatable bonds is 16. The molecule has 1 fully saturated rings. The molecule has 0 radical (unpaired) electrons. The first kappa shape index (κ1) is 41.2. The van der Waals surface area contributed by atoms with Gasteiger partial charge in [-0.25, -0.2) is 8.42 Å². The molecule has 0 bridgehead atoms. The number of anilines is 2. The molecular weight excluding hydrogens is 790 g/mol. The second kappa shape index (κ2) is 18.3. The first-order valence-electron chi connectivity index (χ1n) is 19.3. The molecule has 11 nitrogen and oxygen atoms in total. The molecule has 5 aromatic carbocycles. The summed E-state index contributed by atoms with van der Waals surface area (Å²) >= 11 is 7.82. The van der Waals surface area contributed by atoms with Crippen LogP contribution in [0.2, 0.25) is 5.02 Å². The number of nitrogens with zero attached hydrogens (tertiary/aromatic N) is 6. The zero-order valence-corrected chi connectivity index (χ0v) is 35.3. The number of halogens is 1. The summed E-state index contributed by atoms with van der Waals surface area (Å²) in [4.78, 5) is 19.7. The maximum absolute atomic E-state index is 13.9. The summed E-state index contributed by atoms with van der Waals surface area (Å²) in [5.74, 6) is 0.295. The highest BCUT2D eigenvalue weighted by molar-refractivity contribution is 7.99. The Morgan fingerprint density at radius 1 is 0.914 bits per heavy atom. The molecule has 0 spiro atoms. The van der Waals surface area contributed by atoms with E-state index in [0.29, 0.717) is 17.1 Å². The smallest absolute Gasteiger partial charge is 0.293 e. The molecule has 0 aliphatic carbocycles. The number of fused-ring (bicyclic) bond motifs is 1. The van der Waals surface area contributed by atoms with E-state index in [1.165, 1.54) is 29.3 Å². The van der Waals surface area contributed by atoms with Crippen molar-refractivity contribution in [3.63, 3.8) is 0 Å². The third-order valence-electron chi connectivity index (χ3n) is 10.5. The molecule has 0 amide bonds. The minimum atomic E-state index is -3.99. The van der Waals surface area contributed by atoms with Crippen molar-refractivity contribution < 1.29 is 13.3 Å². The maximum atomic E-state index is 13.9. The van der Waals surface area contributed by atoms with Gasteiger partial charge in [0.2, 0.25) is 0 Å². The van der Waals surface area contributed by atoms with E-state index >= 15 is 0 Å². The van der Waals surface area contributed by atoms with Crippen LogP contribution in [0, 0.1) is 10.1 Å². The largest absolute Gasteiger partial charge is 0.376 e. The third kappa shape index (κ3) is 10.0. The first-order chi connectivity index (χ1) is 27.9. The summed E-state index contributed by atoms with van der Waals surface area (Å²) in [5, 5.41) is 21.8. The average Bonchev–Trinajstić information content (AvgIpc) is 3.52. The van der Waals surface area contributed by atoms with E-state index in [4.69, 9.17) is 11.6 Å². The van der Waals surface area contributed by atoms with Gasteiger partial charge in [-0.15, -0.1) is 11.8 Å². The SMILES string of the molecule is CN(C)CC[C@H](CSc1ccccc1)Nc1ccc(S(=O)(=O)Cc2nn(C)c3cc(N4CCN(Cc5ccccc5-c5ccc(Cl)cc5)CC4)ccc23)cc1[N+](=O)[O-]. The number of hydrogen-bond acceptors (Lipinski definition) is 10. The molecule has 1 atom stereocenters. The molecule has 1 aromatic heterocycles. The van der Waals surface area contributed by atoms with E-state index < -0.39 is 14.8 Å². The van der Waals surface area contributed by atoms with Gasteiger partial charge in [-0.05, 0) is 98.3 Å². The number of nitro groups is 1. The Bertz CT molecular complexity index is 2470. The Morgan fingerprint density at radius 2 is 1.64 bits per heavy atom. The number of aryl methyl sites for hydroxylation is 1. The van der Waals surface area contributed by atoms with Gasteiger partial charge in [0.05, 0.1) is 26.8 Å². The number of sulfone groups is 1. The first-order valence-corrected chi connectivity index (χ1v) is 22.3. The fourth-order valence-corrected chi connectivity index (χ4v) is 9.81. The summed E-state index contributed by atoms with van der Waals surface area (Å²) in [5.41, 5.74) is 5.93. The fraction of sp³-hybridized carbons (Fsp3) is 0.295. The zero-order chi connectivity index (χ0) is 40.8. The van der Waals surface area contributed by atoms with Crippen LogP contribution in [0.5, 0.6) is 0 Å². The predicted octanol–water partition coefficient (Wildman–Crippen LogP) is 8.62. The molecule has 58 heavy (non-hydrogen) atoms. The van der Waals surface area contributed by atoms with Crippen molar-refractivity contribution in [2.75, 3.05) is 62.8 Å². The third-order valence-corrected chi connectivity index (χ3v) is 13.6. The van der Waals surface area contributed by atoms with Gasteiger partial charge in [0.15, 0.2) is 9.84 Å². The van der Waals surface area contributed by atoms with E-state index in [9.17, 15) is 18.5 Å². The monoisotopic (exact) mass is 837 g/mol. The second-order valence-electron chi connectivity index (χ2n) is 15.0. The molecular formula is C44H48ClN7O4S2.